The van der Waals surface area contributed by atoms with Gasteiger partial charge < -0.3 is 4.74 Å². The van der Waals surface area contributed by atoms with Crippen molar-refractivity contribution < 1.29 is 13.9 Å². The number of ketones is 1. The van der Waals surface area contributed by atoms with E-state index in [0.29, 0.717) is 29.0 Å². The van der Waals surface area contributed by atoms with Gasteiger partial charge >= 0.3 is 0 Å². The number of fused-ring (bicyclic) bond motifs is 1. The van der Waals surface area contributed by atoms with Crippen LogP contribution in [0.4, 0.5) is 4.39 Å². The highest BCUT2D eigenvalue weighted by molar-refractivity contribution is 7.03. The molecule has 1 aromatic heterocycles. The summed E-state index contributed by atoms with van der Waals surface area (Å²) in [6.07, 6.45) is 0.338. The molecule has 0 fully saturated rings. The Bertz CT molecular complexity index is 628. The van der Waals surface area contributed by atoms with Crippen molar-refractivity contribution >= 4 is 17.3 Å². The van der Waals surface area contributed by atoms with E-state index >= 15 is 0 Å². The van der Waals surface area contributed by atoms with Gasteiger partial charge in [-0.1, -0.05) is 11.4 Å². The molecule has 3 rings (SSSR count). The highest BCUT2D eigenvalue weighted by Crippen LogP contribution is 2.39. The molecule has 6 heteroatoms. The number of nitrogens with zero attached hydrogens (tertiary/aromatic N) is 2. The van der Waals surface area contributed by atoms with E-state index in [1.807, 2.05) is 6.92 Å². The summed E-state index contributed by atoms with van der Waals surface area (Å²) >= 11 is 1.24. The molecule has 1 aliphatic rings. The molecule has 0 saturated carbocycles. The van der Waals surface area contributed by atoms with Crippen LogP contribution in [0.15, 0.2) is 17.5 Å². The van der Waals surface area contributed by atoms with Crippen LogP contribution in [-0.2, 0) is 6.61 Å². The average molecular weight is 278 g/mol. The Balaban J connectivity index is 1.93. The third-order valence-corrected chi connectivity index (χ3v) is 3.75. The minimum absolute atomic E-state index is 0.0617. The van der Waals surface area contributed by atoms with Crippen molar-refractivity contribution in [1.82, 2.24) is 9.59 Å². The summed E-state index contributed by atoms with van der Waals surface area (Å²) in [6.45, 7) is 2.08. The van der Waals surface area contributed by atoms with Crippen LogP contribution < -0.4 is 4.74 Å². The Morgan fingerprint density at radius 3 is 3.11 bits per heavy atom. The second kappa shape index (κ2) is 4.70. The van der Waals surface area contributed by atoms with Crippen molar-refractivity contribution in [2.45, 2.75) is 25.9 Å². The van der Waals surface area contributed by atoms with Gasteiger partial charge in [0, 0.05) is 17.4 Å². The number of hydrogen-bond donors (Lipinski definition) is 0. The minimum atomic E-state index is -0.337. The maximum absolute atomic E-state index is 13.8. The molecule has 98 valence electrons. The van der Waals surface area contributed by atoms with Gasteiger partial charge in [0.15, 0.2) is 5.78 Å². The van der Waals surface area contributed by atoms with Gasteiger partial charge in [-0.3, -0.25) is 4.79 Å². The minimum Gasteiger partial charge on any atom is -0.486 e. The lowest BCUT2D eigenvalue weighted by molar-refractivity contribution is 0.0986. The zero-order chi connectivity index (χ0) is 13.4. The Morgan fingerprint density at radius 2 is 2.37 bits per heavy atom. The zero-order valence-electron chi connectivity index (χ0n) is 10.2. The molecule has 19 heavy (non-hydrogen) atoms. The summed E-state index contributed by atoms with van der Waals surface area (Å²) in [6, 6.07) is 2.85. The number of aromatic nitrogens is 2. The van der Waals surface area contributed by atoms with Gasteiger partial charge in [-0.25, -0.2) is 4.39 Å². The fraction of sp³-hybridized carbons (Fsp3) is 0.308. The molecule has 0 bridgehead atoms. The van der Waals surface area contributed by atoms with Crippen LogP contribution in [0.1, 0.15) is 40.9 Å². The SMILES string of the molecule is CC1CC(=O)c2c(OCc3csnn3)ccc(F)c21. The smallest absolute Gasteiger partial charge is 0.167 e. The number of benzene rings is 1. The summed E-state index contributed by atoms with van der Waals surface area (Å²) in [4.78, 5) is 11.9. The van der Waals surface area contributed by atoms with Crippen molar-refractivity contribution in [3.8, 4) is 5.75 Å². The highest BCUT2D eigenvalue weighted by Gasteiger charge is 2.32. The Hall–Kier alpha value is -1.82. The fourth-order valence-corrected chi connectivity index (χ4v) is 2.78. The molecule has 1 unspecified atom stereocenters. The maximum atomic E-state index is 13.8. The van der Waals surface area contributed by atoms with Gasteiger partial charge in [-0.2, -0.15) is 0 Å². The average Bonchev–Trinajstić information content (AvgIpc) is 2.98. The van der Waals surface area contributed by atoms with Crippen molar-refractivity contribution in [2.24, 2.45) is 0 Å². The van der Waals surface area contributed by atoms with Crippen molar-refractivity contribution in [1.29, 1.82) is 0 Å². The molecule has 0 aliphatic heterocycles. The van der Waals surface area contributed by atoms with Gasteiger partial charge in [0.05, 0.1) is 5.56 Å². The topological polar surface area (TPSA) is 52.1 Å². The molecule has 0 saturated heterocycles. The lowest BCUT2D eigenvalue weighted by Crippen LogP contribution is -2.03. The van der Waals surface area contributed by atoms with E-state index in [-0.39, 0.29) is 24.1 Å². The van der Waals surface area contributed by atoms with Crippen molar-refractivity contribution in [3.63, 3.8) is 0 Å². The third-order valence-electron chi connectivity index (χ3n) is 3.20. The fourth-order valence-electron chi connectivity index (χ4n) is 2.34. The van der Waals surface area contributed by atoms with Crippen LogP contribution in [-0.4, -0.2) is 15.4 Å². The Kier molecular flexibility index (Phi) is 3.02. The van der Waals surface area contributed by atoms with E-state index in [0.717, 1.165) is 0 Å². The molecule has 0 N–H and O–H groups in total. The van der Waals surface area contributed by atoms with Gasteiger partial charge in [0.1, 0.15) is 23.9 Å². The second-order valence-electron chi connectivity index (χ2n) is 4.55. The quantitative estimate of drug-likeness (QED) is 0.866. The Labute approximate surface area is 113 Å². The molecular formula is C13H11FN2O2S. The normalized spacial score (nSPS) is 17.6. The first kappa shape index (κ1) is 12.2. The number of carbonyl (C=O) groups excluding carboxylic acids is 1. The molecule has 0 amide bonds. The van der Waals surface area contributed by atoms with E-state index in [1.54, 1.807) is 5.38 Å². The van der Waals surface area contributed by atoms with E-state index in [9.17, 15) is 9.18 Å². The third kappa shape index (κ3) is 2.12. The van der Waals surface area contributed by atoms with E-state index in [1.165, 1.54) is 23.7 Å². The molecule has 1 aromatic carbocycles. The van der Waals surface area contributed by atoms with Crippen LogP contribution in [0.5, 0.6) is 5.75 Å². The predicted molar refractivity (Wildman–Crippen MR) is 68.0 cm³/mol. The highest BCUT2D eigenvalue weighted by atomic mass is 32.1. The van der Waals surface area contributed by atoms with E-state index in [4.69, 9.17) is 4.74 Å². The summed E-state index contributed by atoms with van der Waals surface area (Å²) in [5, 5.41) is 5.63. The monoisotopic (exact) mass is 278 g/mol. The van der Waals surface area contributed by atoms with Crippen LogP contribution >= 0.6 is 11.5 Å². The number of carbonyl (C=O) groups is 1. The van der Waals surface area contributed by atoms with Crippen molar-refractivity contribution in [3.05, 3.63) is 40.2 Å². The summed E-state index contributed by atoms with van der Waals surface area (Å²) in [5.74, 6) is -0.0600. The van der Waals surface area contributed by atoms with Crippen LogP contribution in [0.3, 0.4) is 0 Å². The lowest BCUT2D eigenvalue weighted by atomic mass is 10.0. The van der Waals surface area contributed by atoms with Gasteiger partial charge in [0.25, 0.3) is 0 Å². The maximum Gasteiger partial charge on any atom is 0.167 e. The molecular weight excluding hydrogens is 267 g/mol. The van der Waals surface area contributed by atoms with Crippen LogP contribution in [0.25, 0.3) is 0 Å². The van der Waals surface area contributed by atoms with Gasteiger partial charge in [-0.15, -0.1) is 5.10 Å². The summed E-state index contributed by atoms with van der Waals surface area (Å²) in [7, 11) is 0. The first-order chi connectivity index (χ1) is 9.16. The molecule has 1 heterocycles. The summed E-state index contributed by atoms with van der Waals surface area (Å²) in [5.41, 5.74) is 1.55. The van der Waals surface area contributed by atoms with E-state index < -0.39 is 0 Å². The summed E-state index contributed by atoms with van der Waals surface area (Å²) < 4.78 is 23.1. The van der Waals surface area contributed by atoms with Crippen molar-refractivity contribution in [2.75, 3.05) is 0 Å². The standard InChI is InChI=1S/C13H11FN2O2S/c1-7-4-10(17)13-11(3-2-9(14)12(7)13)18-5-8-6-19-16-15-8/h2-3,6-7H,4-5H2,1H3. The number of Topliss-reactive ketones (excluding diaryl/α,β-unsaturated/α-hetero) is 1. The Morgan fingerprint density at radius 1 is 1.53 bits per heavy atom. The molecule has 1 aliphatic carbocycles. The van der Waals surface area contributed by atoms with Gasteiger partial charge in [0.2, 0.25) is 0 Å². The predicted octanol–water partition coefficient (Wildman–Crippen LogP) is 2.95. The van der Waals surface area contributed by atoms with E-state index in [2.05, 4.69) is 9.59 Å². The first-order valence-corrected chi connectivity index (χ1v) is 6.75. The number of ether oxygens (including phenoxy) is 1. The largest absolute Gasteiger partial charge is 0.486 e. The number of halogens is 1. The van der Waals surface area contributed by atoms with Crippen LogP contribution in [0, 0.1) is 5.82 Å². The van der Waals surface area contributed by atoms with Gasteiger partial charge in [-0.05, 0) is 29.6 Å². The molecule has 0 radical (unpaired) electrons. The van der Waals surface area contributed by atoms with Crippen LogP contribution in [0.2, 0.25) is 0 Å². The molecule has 2 aromatic rings. The lowest BCUT2D eigenvalue weighted by Gasteiger charge is -2.10. The molecule has 4 nitrogen and oxygen atoms in total. The first-order valence-electron chi connectivity index (χ1n) is 5.91. The number of rotatable bonds is 3. The zero-order valence-corrected chi connectivity index (χ0v) is 11.0. The molecule has 1 atom stereocenters. The molecule has 0 spiro atoms. The second-order valence-corrected chi connectivity index (χ2v) is 5.16. The number of hydrogen-bond acceptors (Lipinski definition) is 5.